The van der Waals surface area contributed by atoms with Crippen LogP contribution in [-0.2, 0) is 6.18 Å². The SMILES string of the molecule is FC(F)(F)c1nc(Cl)cc(NC2(C(F)(F)F)CC2)n1. The molecule has 0 radical (unpaired) electrons. The molecule has 0 aliphatic heterocycles. The molecule has 1 aromatic heterocycles. The van der Waals surface area contributed by atoms with Crippen molar-refractivity contribution in [3.63, 3.8) is 0 Å². The number of halogens is 7. The Labute approximate surface area is 108 Å². The van der Waals surface area contributed by atoms with Gasteiger partial charge in [-0.2, -0.15) is 26.3 Å². The van der Waals surface area contributed by atoms with Gasteiger partial charge in [-0.25, -0.2) is 9.97 Å². The molecule has 19 heavy (non-hydrogen) atoms. The Kier molecular flexibility index (Phi) is 3.07. The fourth-order valence-electron chi connectivity index (χ4n) is 1.46. The van der Waals surface area contributed by atoms with Crippen molar-refractivity contribution in [1.29, 1.82) is 0 Å². The van der Waals surface area contributed by atoms with E-state index >= 15 is 0 Å². The summed E-state index contributed by atoms with van der Waals surface area (Å²) in [4.78, 5) is 5.94. The average molecular weight is 306 g/mol. The maximum atomic E-state index is 12.7. The molecule has 1 heterocycles. The van der Waals surface area contributed by atoms with Gasteiger partial charge in [0.05, 0.1) is 0 Å². The van der Waals surface area contributed by atoms with Crippen molar-refractivity contribution in [3.05, 3.63) is 17.0 Å². The zero-order chi connectivity index (χ0) is 14.5. The molecule has 0 saturated heterocycles. The van der Waals surface area contributed by atoms with Gasteiger partial charge in [-0.05, 0) is 12.8 Å². The van der Waals surface area contributed by atoms with Crippen molar-refractivity contribution in [2.75, 3.05) is 5.32 Å². The van der Waals surface area contributed by atoms with Crippen molar-refractivity contribution < 1.29 is 26.3 Å². The number of rotatable bonds is 2. The van der Waals surface area contributed by atoms with Crippen molar-refractivity contribution in [1.82, 2.24) is 9.97 Å². The standard InChI is InChI=1S/C9H6ClF6N3/c10-4-3-5(18-6(17-4)8(11,12)13)19-7(1-2-7)9(14,15)16/h3H,1-2H2,(H,17,18,19). The summed E-state index contributed by atoms with van der Waals surface area (Å²) in [6, 6.07) is 0.822. The number of nitrogens with one attached hydrogen (secondary N) is 1. The van der Waals surface area contributed by atoms with Crippen LogP contribution in [-0.4, -0.2) is 21.7 Å². The van der Waals surface area contributed by atoms with Gasteiger partial charge in [-0.1, -0.05) is 11.6 Å². The lowest BCUT2D eigenvalue weighted by atomic mass is 10.2. The van der Waals surface area contributed by atoms with E-state index in [4.69, 9.17) is 11.6 Å². The molecule has 1 saturated carbocycles. The Hall–Kier alpha value is -1.25. The van der Waals surface area contributed by atoms with Crippen molar-refractivity contribution in [2.24, 2.45) is 0 Å². The first-order valence-corrected chi connectivity index (χ1v) is 5.38. The maximum Gasteiger partial charge on any atom is 0.451 e. The molecule has 0 spiro atoms. The van der Waals surface area contributed by atoms with E-state index in [1.807, 2.05) is 5.32 Å². The van der Waals surface area contributed by atoms with E-state index in [0.29, 0.717) is 0 Å². The minimum Gasteiger partial charge on any atom is -0.356 e. The molecule has 3 nitrogen and oxygen atoms in total. The molecule has 2 rings (SSSR count). The lowest BCUT2D eigenvalue weighted by molar-refractivity contribution is -0.151. The molecule has 0 aromatic carbocycles. The predicted molar refractivity (Wildman–Crippen MR) is 53.7 cm³/mol. The summed E-state index contributed by atoms with van der Waals surface area (Å²) < 4.78 is 75.2. The quantitative estimate of drug-likeness (QED) is 0.669. The van der Waals surface area contributed by atoms with Crippen LogP contribution in [0.3, 0.4) is 0 Å². The molecular formula is C9H6ClF6N3. The van der Waals surface area contributed by atoms with Gasteiger partial charge < -0.3 is 5.32 Å². The second kappa shape index (κ2) is 4.12. The van der Waals surface area contributed by atoms with E-state index in [-0.39, 0.29) is 12.8 Å². The number of nitrogens with zero attached hydrogens (tertiary/aromatic N) is 2. The highest BCUT2D eigenvalue weighted by molar-refractivity contribution is 6.29. The largest absolute Gasteiger partial charge is 0.451 e. The lowest BCUT2D eigenvalue weighted by Crippen LogP contribution is -2.39. The number of hydrogen-bond acceptors (Lipinski definition) is 3. The van der Waals surface area contributed by atoms with E-state index in [1.54, 1.807) is 0 Å². The Balaban J connectivity index is 2.30. The zero-order valence-corrected chi connectivity index (χ0v) is 9.79. The molecular weight excluding hydrogens is 300 g/mol. The molecule has 1 N–H and O–H groups in total. The van der Waals surface area contributed by atoms with Gasteiger partial charge >= 0.3 is 12.4 Å². The fourth-order valence-corrected chi connectivity index (χ4v) is 1.64. The summed E-state index contributed by atoms with van der Waals surface area (Å²) in [5.41, 5.74) is -2.21. The van der Waals surface area contributed by atoms with Gasteiger partial charge in [0, 0.05) is 6.07 Å². The number of hydrogen-bond donors (Lipinski definition) is 1. The van der Waals surface area contributed by atoms with Crippen molar-refractivity contribution in [2.45, 2.75) is 30.7 Å². The number of alkyl halides is 6. The second-order valence-electron chi connectivity index (χ2n) is 4.10. The molecule has 0 bridgehead atoms. The summed E-state index contributed by atoms with van der Waals surface area (Å²) in [6.07, 6.45) is -9.89. The molecule has 0 unspecified atom stereocenters. The van der Waals surface area contributed by atoms with Gasteiger partial charge in [0.2, 0.25) is 5.82 Å². The Morgan fingerprint density at radius 2 is 1.68 bits per heavy atom. The molecule has 0 amide bonds. The van der Waals surface area contributed by atoms with E-state index < -0.39 is 34.7 Å². The summed E-state index contributed by atoms with van der Waals surface area (Å²) in [5, 5.41) is 1.38. The molecule has 0 atom stereocenters. The van der Waals surface area contributed by atoms with Crippen LogP contribution in [0, 0.1) is 0 Å². The van der Waals surface area contributed by atoms with Crippen LogP contribution in [0.25, 0.3) is 0 Å². The minimum absolute atomic E-state index is 0.223. The van der Waals surface area contributed by atoms with Crippen LogP contribution in [0.1, 0.15) is 18.7 Å². The van der Waals surface area contributed by atoms with Crippen LogP contribution < -0.4 is 5.32 Å². The molecule has 10 heteroatoms. The third-order valence-electron chi connectivity index (χ3n) is 2.61. The van der Waals surface area contributed by atoms with Crippen LogP contribution >= 0.6 is 11.6 Å². The highest BCUT2D eigenvalue weighted by Crippen LogP contribution is 2.51. The van der Waals surface area contributed by atoms with Gasteiger partial charge in [-0.15, -0.1) is 0 Å². The first kappa shape index (κ1) is 14.2. The van der Waals surface area contributed by atoms with E-state index in [2.05, 4.69) is 9.97 Å². The van der Waals surface area contributed by atoms with Gasteiger partial charge in [-0.3, -0.25) is 0 Å². The van der Waals surface area contributed by atoms with Crippen LogP contribution in [0.4, 0.5) is 32.2 Å². The van der Waals surface area contributed by atoms with Crippen molar-refractivity contribution >= 4 is 17.4 Å². The first-order chi connectivity index (χ1) is 8.53. The minimum atomic E-state index is -4.88. The van der Waals surface area contributed by atoms with Crippen LogP contribution in [0.5, 0.6) is 0 Å². The first-order valence-electron chi connectivity index (χ1n) is 5.00. The zero-order valence-electron chi connectivity index (χ0n) is 9.03. The van der Waals surface area contributed by atoms with Crippen LogP contribution in [0.2, 0.25) is 5.15 Å². The number of anilines is 1. The van der Waals surface area contributed by atoms with Gasteiger partial charge in [0.1, 0.15) is 16.5 Å². The number of aromatic nitrogens is 2. The van der Waals surface area contributed by atoms with E-state index in [9.17, 15) is 26.3 Å². The topological polar surface area (TPSA) is 37.8 Å². The Morgan fingerprint density at radius 3 is 2.11 bits per heavy atom. The molecule has 1 aliphatic rings. The van der Waals surface area contributed by atoms with E-state index in [0.717, 1.165) is 6.07 Å². The predicted octanol–water partition coefficient (Wildman–Crippen LogP) is 3.66. The maximum absolute atomic E-state index is 12.7. The highest BCUT2D eigenvalue weighted by Gasteiger charge is 2.63. The average Bonchev–Trinajstić information content (AvgIpc) is 2.95. The summed E-state index contributed by atoms with van der Waals surface area (Å²) >= 11 is 5.35. The Morgan fingerprint density at radius 1 is 1.11 bits per heavy atom. The van der Waals surface area contributed by atoms with Gasteiger partial charge in [0.15, 0.2) is 0 Å². The lowest BCUT2D eigenvalue weighted by Gasteiger charge is -2.21. The third-order valence-corrected chi connectivity index (χ3v) is 2.80. The van der Waals surface area contributed by atoms with Crippen molar-refractivity contribution in [3.8, 4) is 0 Å². The third kappa shape index (κ3) is 2.85. The van der Waals surface area contributed by atoms with Crippen LogP contribution in [0.15, 0.2) is 6.07 Å². The van der Waals surface area contributed by atoms with E-state index in [1.165, 1.54) is 0 Å². The van der Waals surface area contributed by atoms with Gasteiger partial charge in [0.25, 0.3) is 0 Å². The smallest absolute Gasteiger partial charge is 0.356 e. The molecule has 1 aromatic rings. The molecule has 106 valence electrons. The monoisotopic (exact) mass is 305 g/mol. The summed E-state index contributed by atoms with van der Waals surface area (Å²) in [6.45, 7) is 0. The summed E-state index contributed by atoms with van der Waals surface area (Å²) in [7, 11) is 0. The molecule has 1 fully saturated rings. The normalized spacial score (nSPS) is 18.3. The Bertz CT molecular complexity index is 494. The highest BCUT2D eigenvalue weighted by atomic mass is 35.5. The summed E-state index contributed by atoms with van der Waals surface area (Å²) in [5.74, 6) is -2.18. The fraction of sp³-hybridized carbons (Fsp3) is 0.556. The molecule has 1 aliphatic carbocycles. The second-order valence-corrected chi connectivity index (χ2v) is 4.49.